The molecule has 19 heavy (non-hydrogen) atoms. The van der Waals surface area contributed by atoms with Gasteiger partial charge in [-0.2, -0.15) is 13.2 Å². The number of nitrogens with zero attached hydrogens (tertiary/aromatic N) is 1. The molecule has 1 aromatic rings. The van der Waals surface area contributed by atoms with Crippen LogP contribution in [0.5, 0.6) is 0 Å². The van der Waals surface area contributed by atoms with Gasteiger partial charge in [0.05, 0.1) is 5.69 Å². The van der Waals surface area contributed by atoms with Gasteiger partial charge in [-0.15, -0.1) is 0 Å². The molecule has 0 aliphatic heterocycles. The summed E-state index contributed by atoms with van der Waals surface area (Å²) >= 11 is 3.36. The lowest BCUT2D eigenvalue weighted by Gasteiger charge is -2.27. The number of rotatable bonds is 4. The summed E-state index contributed by atoms with van der Waals surface area (Å²) in [6.45, 7) is 0.934. The fourth-order valence-electron chi connectivity index (χ4n) is 2.03. The zero-order valence-corrected chi connectivity index (χ0v) is 12.1. The van der Waals surface area contributed by atoms with Gasteiger partial charge in [0, 0.05) is 16.6 Å². The fraction of sp³-hybridized carbons (Fsp3) is 0.538. The first-order valence-electron chi connectivity index (χ1n) is 6.16. The van der Waals surface area contributed by atoms with Gasteiger partial charge in [0.15, 0.2) is 0 Å². The summed E-state index contributed by atoms with van der Waals surface area (Å²) in [5.74, 6) is 0. The Morgan fingerprint density at radius 1 is 1.42 bits per heavy atom. The molecule has 1 aromatic carbocycles. The molecule has 0 bridgehead atoms. The second kappa shape index (κ2) is 5.32. The van der Waals surface area contributed by atoms with E-state index in [4.69, 9.17) is 5.73 Å². The molecule has 6 heteroatoms. The zero-order chi connectivity index (χ0) is 14.2. The number of nitrogens with two attached hydrogens (primary N) is 1. The van der Waals surface area contributed by atoms with Crippen LogP contribution >= 0.6 is 15.9 Å². The van der Waals surface area contributed by atoms with Gasteiger partial charge in [0.25, 0.3) is 0 Å². The van der Waals surface area contributed by atoms with Gasteiger partial charge in [0.2, 0.25) is 0 Å². The summed E-state index contributed by atoms with van der Waals surface area (Å²) in [6, 6.07) is 5.16. The van der Waals surface area contributed by atoms with E-state index < -0.39 is 12.7 Å². The van der Waals surface area contributed by atoms with Crippen molar-refractivity contribution in [1.82, 2.24) is 0 Å². The van der Waals surface area contributed by atoms with Crippen LogP contribution in [0.15, 0.2) is 22.7 Å². The minimum absolute atomic E-state index is 0.000856. The van der Waals surface area contributed by atoms with Crippen LogP contribution < -0.4 is 10.6 Å². The maximum absolute atomic E-state index is 12.6. The molecular weight excluding hydrogens is 321 g/mol. The monoisotopic (exact) mass is 336 g/mol. The number of benzene rings is 1. The van der Waals surface area contributed by atoms with E-state index in [1.165, 1.54) is 4.90 Å². The Morgan fingerprint density at radius 3 is 2.47 bits per heavy atom. The van der Waals surface area contributed by atoms with E-state index in [2.05, 4.69) is 15.9 Å². The van der Waals surface area contributed by atoms with Crippen LogP contribution in [0, 0.1) is 0 Å². The average molecular weight is 337 g/mol. The summed E-state index contributed by atoms with van der Waals surface area (Å²) in [5, 5.41) is 0. The topological polar surface area (TPSA) is 29.3 Å². The lowest BCUT2D eigenvalue weighted by Crippen LogP contribution is -2.36. The molecule has 0 saturated heterocycles. The molecule has 1 aliphatic carbocycles. The standard InChI is InChI=1S/C13H16BrF3N2/c1-8(18)9-2-5-12(11(14)6-9)19(10-3-4-10)7-13(15,16)17/h2,5-6,8,10H,3-4,7,18H2,1H3/t8-/m1/s1. The second-order valence-corrected chi connectivity index (χ2v) is 5.83. The third-order valence-corrected chi connectivity index (χ3v) is 3.78. The van der Waals surface area contributed by atoms with E-state index in [0.29, 0.717) is 10.2 Å². The smallest absolute Gasteiger partial charge is 0.359 e. The van der Waals surface area contributed by atoms with E-state index in [9.17, 15) is 13.2 Å². The summed E-state index contributed by atoms with van der Waals surface area (Å²) in [7, 11) is 0. The van der Waals surface area contributed by atoms with Crippen molar-refractivity contribution in [2.45, 2.75) is 38.0 Å². The Kier molecular flexibility index (Phi) is 4.11. The predicted molar refractivity (Wildman–Crippen MR) is 73.2 cm³/mol. The molecule has 0 spiro atoms. The van der Waals surface area contributed by atoms with Gasteiger partial charge in [-0.3, -0.25) is 0 Å². The molecule has 0 aromatic heterocycles. The third-order valence-electron chi connectivity index (χ3n) is 3.14. The Balaban J connectivity index is 2.27. The summed E-state index contributed by atoms with van der Waals surface area (Å²) in [5.41, 5.74) is 7.26. The highest BCUT2D eigenvalue weighted by atomic mass is 79.9. The number of anilines is 1. The molecular formula is C13H16BrF3N2. The lowest BCUT2D eigenvalue weighted by molar-refractivity contribution is -0.120. The van der Waals surface area contributed by atoms with Gasteiger partial charge >= 0.3 is 6.18 Å². The number of halogens is 4. The van der Waals surface area contributed by atoms with E-state index in [-0.39, 0.29) is 12.1 Å². The first kappa shape index (κ1) is 14.7. The molecule has 0 amide bonds. The summed E-state index contributed by atoms with van der Waals surface area (Å²) < 4.78 is 38.6. The normalized spacial score (nSPS) is 17.4. The lowest BCUT2D eigenvalue weighted by atomic mass is 10.1. The van der Waals surface area contributed by atoms with Crippen molar-refractivity contribution >= 4 is 21.6 Å². The molecule has 1 atom stereocenters. The predicted octanol–water partition coefficient (Wildman–Crippen LogP) is 4.00. The van der Waals surface area contributed by atoms with Crippen molar-refractivity contribution in [3.8, 4) is 0 Å². The molecule has 2 rings (SSSR count). The molecule has 1 saturated carbocycles. The largest absolute Gasteiger partial charge is 0.405 e. The van der Waals surface area contributed by atoms with Crippen molar-refractivity contribution in [2.75, 3.05) is 11.4 Å². The van der Waals surface area contributed by atoms with Gasteiger partial charge in [-0.05, 0) is 53.4 Å². The maximum atomic E-state index is 12.6. The maximum Gasteiger partial charge on any atom is 0.405 e. The van der Waals surface area contributed by atoms with Crippen LogP contribution in [0.4, 0.5) is 18.9 Å². The second-order valence-electron chi connectivity index (χ2n) is 4.97. The molecule has 0 radical (unpaired) electrons. The van der Waals surface area contributed by atoms with Gasteiger partial charge in [-0.25, -0.2) is 0 Å². The average Bonchev–Trinajstić information content (AvgIpc) is 3.08. The Morgan fingerprint density at radius 2 is 2.05 bits per heavy atom. The molecule has 2 N–H and O–H groups in total. The molecule has 1 aliphatic rings. The van der Waals surface area contributed by atoms with Crippen molar-refractivity contribution in [2.24, 2.45) is 5.73 Å². The van der Waals surface area contributed by atoms with Crippen LogP contribution in [-0.2, 0) is 0 Å². The fourth-order valence-corrected chi connectivity index (χ4v) is 2.65. The highest BCUT2D eigenvalue weighted by molar-refractivity contribution is 9.10. The number of hydrogen-bond acceptors (Lipinski definition) is 2. The number of hydrogen-bond donors (Lipinski definition) is 1. The molecule has 106 valence electrons. The van der Waals surface area contributed by atoms with E-state index in [1.54, 1.807) is 18.2 Å². The highest BCUT2D eigenvalue weighted by Crippen LogP contribution is 2.38. The van der Waals surface area contributed by atoms with E-state index in [0.717, 1.165) is 18.4 Å². The van der Waals surface area contributed by atoms with Crippen LogP contribution in [-0.4, -0.2) is 18.8 Å². The summed E-state index contributed by atoms with van der Waals surface area (Å²) in [4.78, 5) is 1.43. The van der Waals surface area contributed by atoms with E-state index >= 15 is 0 Å². The first-order valence-corrected chi connectivity index (χ1v) is 6.95. The molecule has 0 heterocycles. The van der Waals surface area contributed by atoms with Gasteiger partial charge in [0.1, 0.15) is 6.54 Å². The molecule has 2 nitrogen and oxygen atoms in total. The van der Waals surface area contributed by atoms with Crippen LogP contribution in [0.2, 0.25) is 0 Å². The molecule has 1 fully saturated rings. The van der Waals surface area contributed by atoms with Crippen molar-refractivity contribution in [3.63, 3.8) is 0 Å². The summed E-state index contributed by atoms with van der Waals surface area (Å²) in [6.07, 6.45) is -2.56. The van der Waals surface area contributed by atoms with Crippen LogP contribution in [0.25, 0.3) is 0 Å². The Labute approximate surface area is 118 Å². The highest BCUT2D eigenvalue weighted by Gasteiger charge is 2.38. The zero-order valence-electron chi connectivity index (χ0n) is 10.5. The van der Waals surface area contributed by atoms with Crippen LogP contribution in [0.3, 0.4) is 0 Å². The van der Waals surface area contributed by atoms with Crippen molar-refractivity contribution in [3.05, 3.63) is 28.2 Å². The number of alkyl halides is 3. The third kappa shape index (κ3) is 3.86. The van der Waals surface area contributed by atoms with E-state index in [1.807, 2.05) is 6.92 Å². The first-order chi connectivity index (χ1) is 8.78. The van der Waals surface area contributed by atoms with Crippen molar-refractivity contribution < 1.29 is 13.2 Å². The molecule has 0 unspecified atom stereocenters. The van der Waals surface area contributed by atoms with Crippen molar-refractivity contribution in [1.29, 1.82) is 0 Å². The van der Waals surface area contributed by atoms with Gasteiger partial charge < -0.3 is 10.6 Å². The Hall–Kier alpha value is -0.750. The Bertz CT molecular complexity index is 456. The minimum Gasteiger partial charge on any atom is -0.359 e. The van der Waals surface area contributed by atoms with Crippen LogP contribution in [0.1, 0.15) is 31.4 Å². The van der Waals surface area contributed by atoms with Gasteiger partial charge in [-0.1, -0.05) is 6.07 Å². The SMILES string of the molecule is C[C@@H](N)c1ccc(N(CC(F)(F)F)C2CC2)c(Br)c1. The minimum atomic E-state index is -4.19. The quantitative estimate of drug-likeness (QED) is 0.900.